The van der Waals surface area contributed by atoms with Gasteiger partial charge >= 0.3 is 12.2 Å². The van der Waals surface area contributed by atoms with Crippen molar-refractivity contribution in [1.82, 2.24) is 40.4 Å². The van der Waals surface area contributed by atoms with E-state index in [-0.39, 0.29) is 35.6 Å². The summed E-state index contributed by atoms with van der Waals surface area (Å²) in [5.74, 6) is 1.13. The number of methoxy groups -OCH3 is 2. The number of likely N-dealkylation sites (tertiary alicyclic amines) is 2. The molecule has 5 atom stereocenters. The standard InChI is InChI=1S/C44H55N9O8/c1-58-43(56)50-37(28-12-17-60-18-13-28)40(54)52-15-11-27(25-52)21-46-42-47-22-34(23-48-42)31-8-7-30-20-32(10-9-29(30)19-31)35-24-45-39(49-35)36-6-3-14-53(36)41(55)38(51-44(57)59-2)33-5-4-16-61-26-33/h7-10,19-20,22-24,27-28,33,36-38H,3-6,11-18,21,25-26H2,1-2H3,(H,45,49)(H,50,56)(H,51,57)(H,46,47,48)/t27-,33?,36+,37+,38-/m1/s1. The number of H-pyrrole nitrogens is 1. The van der Waals surface area contributed by atoms with Crippen LogP contribution in [-0.2, 0) is 28.5 Å². The van der Waals surface area contributed by atoms with Crippen LogP contribution < -0.4 is 16.0 Å². The van der Waals surface area contributed by atoms with E-state index in [1.165, 1.54) is 14.2 Å². The number of amides is 4. The number of nitrogens with zero attached hydrogens (tertiary/aromatic N) is 5. The molecule has 4 aliphatic heterocycles. The van der Waals surface area contributed by atoms with Gasteiger partial charge in [0.2, 0.25) is 17.8 Å². The lowest BCUT2D eigenvalue weighted by Crippen LogP contribution is -2.53. The highest BCUT2D eigenvalue weighted by molar-refractivity contribution is 5.91. The topological polar surface area (TPSA) is 202 Å². The second kappa shape index (κ2) is 19.3. The van der Waals surface area contributed by atoms with Crippen LogP contribution in [0.5, 0.6) is 0 Å². The number of hydrogen-bond donors (Lipinski definition) is 4. The Morgan fingerprint density at radius 1 is 0.754 bits per heavy atom. The fraction of sp³-hybridized carbons (Fsp3) is 0.523. The van der Waals surface area contributed by atoms with E-state index in [2.05, 4.69) is 67.3 Å². The smallest absolute Gasteiger partial charge is 0.407 e. The van der Waals surface area contributed by atoms with Gasteiger partial charge in [-0.1, -0.05) is 24.3 Å². The van der Waals surface area contributed by atoms with Gasteiger partial charge in [-0.15, -0.1) is 0 Å². The normalized spacial score (nSPS) is 21.8. The SMILES string of the molecule is COC(=O)N[C@H](C(=O)N1CC[C@H](CNc2ncc(-c3ccc4cc(-c5cnc([C@@H]6CCCN6C(=O)[C@H](NC(=O)OC)C6CCCOC6)[nH]5)ccc4c3)cn2)C1)C1CCOCC1. The zero-order valence-electron chi connectivity index (χ0n) is 34.8. The number of aromatic nitrogens is 4. The third-order valence-electron chi connectivity index (χ3n) is 12.6. The quantitative estimate of drug-likeness (QED) is 0.150. The molecule has 61 heavy (non-hydrogen) atoms. The van der Waals surface area contributed by atoms with E-state index in [0.717, 1.165) is 71.1 Å². The average molecular weight is 838 g/mol. The van der Waals surface area contributed by atoms with Gasteiger partial charge in [0.15, 0.2) is 0 Å². The van der Waals surface area contributed by atoms with Crippen molar-refractivity contribution in [3.8, 4) is 22.4 Å². The maximum Gasteiger partial charge on any atom is 0.407 e. The Hall–Kier alpha value is -5.81. The molecule has 0 saturated carbocycles. The van der Waals surface area contributed by atoms with E-state index >= 15 is 0 Å². The first-order chi connectivity index (χ1) is 29.8. The Morgan fingerprint density at radius 3 is 2.16 bits per heavy atom. The number of hydrogen-bond acceptors (Lipinski definition) is 12. The maximum absolute atomic E-state index is 14.0. The fourth-order valence-corrected chi connectivity index (χ4v) is 9.15. The van der Waals surface area contributed by atoms with Crippen molar-refractivity contribution >= 4 is 40.7 Å². The van der Waals surface area contributed by atoms with Crippen LogP contribution in [0.25, 0.3) is 33.2 Å². The van der Waals surface area contributed by atoms with Gasteiger partial charge in [-0.05, 0) is 85.3 Å². The minimum Gasteiger partial charge on any atom is -0.453 e. The van der Waals surface area contributed by atoms with Crippen molar-refractivity contribution in [3.63, 3.8) is 0 Å². The van der Waals surface area contributed by atoms with Crippen LogP contribution in [0.1, 0.15) is 56.8 Å². The first-order valence-corrected chi connectivity index (χ1v) is 21.4. The molecule has 6 heterocycles. The zero-order chi connectivity index (χ0) is 42.3. The number of fused-ring (bicyclic) bond motifs is 1. The van der Waals surface area contributed by atoms with Crippen molar-refractivity contribution in [2.45, 2.75) is 63.1 Å². The molecule has 2 aromatic heterocycles. The van der Waals surface area contributed by atoms with Crippen LogP contribution in [0.4, 0.5) is 15.5 Å². The minimum absolute atomic E-state index is 0.0108. The molecule has 0 spiro atoms. The van der Waals surface area contributed by atoms with Gasteiger partial charge in [-0.25, -0.2) is 24.5 Å². The highest BCUT2D eigenvalue weighted by atomic mass is 16.5. The number of ether oxygens (including phenoxy) is 4. The summed E-state index contributed by atoms with van der Waals surface area (Å²) in [7, 11) is 2.61. The van der Waals surface area contributed by atoms with Gasteiger partial charge in [0.05, 0.1) is 38.8 Å². The van der Waals surface area contributed by atoms with Crippen LogP contribution in [0.15, 0.2) is 55.0 Å². The summed E-state index contributed by atoms with van der Waals surface area (Å²) < 4.78 is 20.8. The molecule has 4 aliphatic rings. The molecule has 17 heteroatoms. The monoisotopic (exact) mass is 837 g/mol. The summed E-state index contributed by atoms with van der Waals surface area (Å²) in [6.45, 7) is 4.62. The molecule has 0 aliphatic carbocycles. The fourth-order valence-electron chi connectivity index (χ4n) is 9.15. The second-order valence-corrected chi connectivity index (χ2v) is 16.4. The van der Waals surface area contributed by atoms with Crippen molar-refractivity contribution < 1.29 is 38.1 Å². The highest BCUT2D eigenvalue weighted by Gasteiger charge is 2.41. The Bertz CT molecular complexity index is 2170. The van der Waals surface area contributed by atoms with Gasteiger partial charge in [0, 0.05) is 75.4 Å². The Balaban J connectivity index is 0.869. The number of carbonyl (C=O) groups is 4. The largest absolute Gasteiger partial charge is 0.453 e. The third-order valence-corrected chi connectivity index (χ3v) is 12.6. The summed E-state index contributed by atoms with van der Waals surface area (Å²) in [6, 6.07) is 10.9. The third kappa shape index (κ3) is 9.73. The number of rotatable bonds is 12. The van der Waals surface area contributed by atoms with Crippen molar-refractivity contribution in [2.24, 2.45) is 17.8 Å². The van der Waals surface area contributed by atoms with Gasteiger partial charge < -0.3 is 49.7 Å². The predicted molar refractivity (Wildman–Crippen MR) is 225 cm³/mol. The molecule has 0 radical (unpaired) electrons. The molecule has 324 valence electrons. The number of alkyl carbamates (subject to hydrolysis) is 2. The van der Waals surface area contributed by atoms with Crippen LogP contribution in [0.3, 0.4) is 0 Å². The molecule has 8 rings (SSSR count). The first kappa shape index (κ1) is 41.9. The van der Waals surface area contributed by atoms with Crippen molar-refractivity contribution in [2.75, 3.05) is 72.1 Å². The summed E-state index contributed by atoms with van der Waals surface area (Å²) in [5.41, 5.74) is 3.71. The summed E-state index contributed by atoms with van der Waals surface area (Å²) in [6.07, 6.45) is 9.70. The number of anilines is 1. The number of imidazole rings is 1. The second-order valence-electron chi connectivity index (χ2n) is 16.4. The van der Waals surface area contributed by atoms with Crippen LogP contribution in [0, 0.1) is 17.8 Å². The molecule has 4 fully saturated rings. The molecule has 17 nitrogen and oxygen atoms in total. The number of carbonyl (C=O) groups excluding carboxylic acids is 4. The average Bonchev–Trinajstić information content (AvgIpc) is 4.11. The van der Waals surface area contributed by atoms with Gasteiger partial charge in [0.25, 0.3) is 0 Å². The Labute approximate surface area is 354 Å². The number of benzene rings is 2. The molecule has 1 unspecified atom stereocenters. The Kier molecular flexibility index (Phi) is 13.2. The minimum atomic E-state index is -0.732. The molecule has 4 aromatic rings. The molecular formula is C44H55N9O8. The summed E-state index contributed by atoms with van der Waals surface area (Å²) in [5, 5.41) is 11.0. The molecular weight excluding hydrogens is 783 g/mol. The van der Waals surface area contributed by atoms with E-state index in [9.17, 15) is 19.2 Å². The zero-order valence-corrected chi connectivity index (χ0v) is 34.8. The predicted octanol–water partition coefficient (Wildman–Crippen LogP) is 4.91. The summed E-state index contributed by atoms with van der Waals surface area (Å²) in [4.78, 5) is 72.9. The van der Waals surface area contributed by atoms with Crippen LogP contribution in [-0.4, -0.2) is 133 Å². The highest BCUT2D eigenvalue weighted by Crippen LogP contribution is 2.35. The molecule has 4 amide bonds. The summed E-state index contributed by atoms with van der Waals surface area (Å²) >= 11 is 0. The van der Waals surface area contributed by atoms with Crippen LogP contribution >= 0.6 is 0 Å². The van der Waals surface area contributed by atoms with Crippen molar-refractivity contribution in [1.29, 1.82) is 0 Å². The van der Waals surface area contributed by atoms with Crippen LogP contribution in [0.2, 0.25) is 0 Å². The van der Waals surface area contributed by atoms with Gasteiger partial charge in [-0.2, -0.15) is 0 Å². The first-order valence-electron chi connectivity index (χ1n) is 21.4. The van der Waals surface area contributed by atoms with E-state index in [4.69, 9.17) is 23.9 Å². The van der Waals surface area contributed by atoms with E-state index < -0.39 is 24.3 Å². The van der Waals surface area contributed by atoms with Crippen molar-refractivity contribution in [3.05, 3.63) is 60.8 Å². The Morgan fingerprint density at radius 2 is 1.46 bits per heavy atom. The molecule has 4 saturated heterocycles. The van der Waals surface area contributed by atoms with Gasteiger partial charge in [-0.3, -0.25) is 9.59 Å². The lowest BCUT2D eigenvalue weighted by atomic mass is 9.91. The maximum atomic E-state index is 14.0. The molecule has 2 aromatic carbocycles. The molecule has 4 N–H and O–H groups in total. The molecule has 0 bridgehead atoms. The lowest BCUT2D eigenvalue weighted by Gasteiger charge is -2.34. The van der Waals surface area contributed by atoms with E-state index in [1.807, 2.05) is 28.4 Å². The van der Waals surface area contributed by atoms with Gasteiger partial charge in [0.1, 0.15) is 17.9 Å². The van der Waals surface area contributed by atoms with E-state index in [1.54, 1.807) is 0 Å². The number of nitrogens with one attached hydrogen (secondary N) is 4. The van der Waals surface area contributed by atoms with E-state index in [0.29, 0.717) is 71.4 Å². The number of aromatic amines is 1. The lowest BCUT2D eigenvalue weighted by molar-refractivity contribution is -0.137.